The second kappa shape index (κ2) is 7.20. The Morgan fingerprint density at radius 3 is 2.37 bits per heavy atom. The lowest BCUT2D eigenvalue weighted by Gasteiger charge is -2.36. The fourth-order valence-corrected chi connectivity index (χ4v) is 2.46. The number of piperazine rings is 1. The summed E-state index contributed by atoms with van der Waals surface area (Å²) in [6.07, 6.45) is 2.49. The monoisotopic (exact) mass is 265 g/mol. The summed E-state index contributed by atoms with van der Waals surface area (Å²) in [5, 5.41) is 12.6. The zero-order valence-electron chi connectivity index (χ0n) is 12.3. The van der Waals surface area contributed by atoms with Gasteiger partial charge in [0.1, 0.15) is 6.04 Å². The molecule has 0 radical (unpaired) electrons. The van der Waals surface area contributed by atoms with Gasteiger partial charge in [-0.15, -0.1) is 0 Å². The first-order valence-corrected chi connectivity index (χ1v) is 7.42. The summed E-state index contributed by atoms with van der Waals surface area (Å²) in [6, 6.07) is 3.03. The summed E-state index contributed by atoms with van der Waals surface area (Å²) < 4.78 is 0. The Balaban J connectivity index is 1.63. The number of nitrogens with zero attached hydrogens (tertiary/aromatic N) is 4. The van der Waals surface area contributed by atoms with Crippen LogP contribution in [0.1, 0.15) is 12.8 Å². The quantitative estimate of drug-likeness (QED) is 0.691. The molecule has 0 bridgehead atoms. The molecule has 0 amide bonds. The van der Waals surface area contributed by atoms with Crippen molar-refractivity contribution in [1.29, 1.82) is 5.26 Å². The molecule has 5 heteroatoms. The van der Waals surface area contributed by atoms with Crippen LogP contribution in [0.2, 0.25) is 0 Å². The van der Waals surface area contributed by atoms with Crippen LogP contribution in [0.25, 0.3) is 0 Å². The average Bonchev–Trinajstić information content (AvgIpc) is 3.21. The van der Waals surface area contributed by atoms with Crippen LogP contribution in [0.5, 0.6) is 0 Å². The summed E-state index contributed by atoms with van der Waals surface area (Å²) in [5.41, 5.74) is 0. The number of nitriles is 1. The molecule has 0 spiro atoms. The number of hydrogen-bond donors (Lipinski definition) is 1. The summed E-state index contributed by atoms with van der Waals surface area (Å²) in [4.78, 5) is 7.18. The van der Waals surface area contributed by atoms with Crippen LogP contribution in [-0.4, -0.2) is 86.7 Å². The van der Waals surface area contributed by atoms with E-state index < -0.39 is 0 Å². The molecule has 108 valence electrons. The fraction of sp³-hybridized carbons (Fsp3) is 0.929. The van der Waals surface area contributed by atoms with Gasteiger partial charge in [-0.25, -0.2) is 0 Å². The molecular formula is C14H27N5. The van der Waals surface area contributed by atoms with E-state index in [1.807, 2.05) is 0 Å². The van der Waals surface area contributed by atoms with Crippen molar-refractivity contribution in [2.45, 2.75) is 24.9 Å². The van der Waals surface area contributed by atoms with Crippen LogP contribution >= 0.6 is 0 Å². The zero-order chi connectivity index (χ0) is 13.7. The van der Waals surface area contributed by atoms with Crippen molar-refractivity contribution in [3.8, 4) is 6.07 Å². The number of likely N-dealkylation sites (N-methyl/N-ethyl adjacent to an activating group) is 1. The van der Waals surface area contributed by atoms with Gasteiger partial charge < -0.3 is 4.90 Å². The fourth-order valence-electron chi connectivity index (χ4n) is 2.46. The van der Waals surface area contributed by atoms with Gasteiger partial charge >= 0.3 is 0 Å². The van der Waals surface area contributed by atoms with E-state index in [1.54, 1.807) is 0 Å². The van der Waals surface area contributed by atoms with E-state index in [0.29, 0.717) is 6.04 Å². The highest BCUT2D eigenvalue weighted by Crippen LogP contribution is 2.19. The Morgan fingerprint density at radius 1 is 1.21 bits per heavy atom. The van der Waals surface area contributed by atoms with Crippen molar-refractivity contribution in [3.63, 3.8) is 0 Å². The lowest BCUT2D eigenvalue weighted by Crippen LogP contribution is -2.51. The van der Waals surface area contributed by atoms with Crippen molar-refractivity contribution in [1.82, 2.24) is 20.0 Å². The van der Waals surface area contributed by atoms with E-state index >= 15 is 0 Å². The normalized spacial score (nSPS) is 23.5. The maximum absolute atomic E-state index is 9.18. The molecule has 5 nitrogen and oxygen atoms in total. The van der Waals surface area contributed by atoms with Gasteiger partial charge in [0.15, 0.2) is 0 Å². The third-order valence-electron chi connectivity index (χ3n) is 3.94. The van der Waals surface area contributed by atoms with Gasteiger partial charge in [-0.2, -0.15) is 5.26 Å². The Labute approximate surface area is 117 Å². The summed E-state index contributed by atoms with van der Waals surface area (Å²) >= 11 is 0. The number of nitrogens with one attached hydrogen (secondary N) is 1. The molecule has 1 aliphatic heterocycles. The van der Waals surface area contributed by atoms with Crippen LogP contribution < -0.4 is 5.32 Å². The van der Waals surface area contributed by atoms with E-state index in [4.69, 9.17) is 0 Å². The second-order valence-electron chi connectivity index (χ2n) is 6.07. The molecule has 19 heavy (non-hydrogen) atoms. The maximum Gasteiger partial charge on any atom is 0.108 e. The van der Waals surface area contributed by atoms with Gasteiger partial charge in [0.2, 0.25) is 0 Å². The first kappa shape index (κ1) is 14.7. The molecule has 1 saturated heterocycles. The standard InChI is InChI=1S/C14H27N5/c1-17(2)5-6-18-7-9-19(10-8-18)12-14(11-15)16-13-3-4-13/h13-14,16H,3-10,12H2,1-2H3. The van der Waals surface area contributed by atoms with Crippen molar-refractivity contribution >= 4 is 0 Å². The molecule has 2 aliphatic rings. The molecule has 1 atom stereocenters. The molecule has 2 rings (SSSR count). The summed E-state index contributed by atoms with van der Waals surface area (Å²) in [6.45, 7) is 7.63. The Morgan fingerprint density at radius 2 is 1.84 bits per heavy atom. The topological polar surface area (TPSA) is 45.5 Å². The smallest absolute Gasteiger partial charge is 0.108 e. The van der Waals surface area contributed by atoms with Crippen molar-refractivity contribution in [2.24, 2.45) is 0 Å². The van der Waals surface area contributed by atoms with Gasteiger partial charge in [0.25, 0.3) is 0 Å². The van der Waals surface area contributed by atoms with Gasteiger partial charge in [-0.05, 0) is 26.9 Å². The second-order valence-corrected chi connectivity index (χ2v) is 6.07. The third-order valence-corrected chi connectivity index (χ3v) is 3.94. The first-order valence-electron chi connectivity index (χ1n) is 7.42. The zero-order valence-corrected chi connectivity index (χ0v) is 12.3. The molecule has 1 saturated carbocycles. The average molecular weight is 265 g/mol. The van der Waals surface area contributed by atoms with Gasteiger partial charge in [-0.1, -0.05) is 0 Å². The molecule has 0 aromatic carbocycles. The lowest BCUT2D eigenvalue weighted by molar-refractivity contribution is 0.121. The molecule has 0 aromatic heterocycles. The predicted octanol–water partition coefficient (Wildman–Crippen LogP) is -0.190. The highest BCUT2D eigenvalue weighted by atomic mass is 15.3. The van der Waals surface area contributed by atoms with Crippen molar-refractivity contribution in [2.75, 3.05) is 59.9 Å². The lowest BCUT2D eigenvalue weighted by atomic mass is 10.2. The van der Waals surface area contributed by atoms with E-state index in [0.717, 1.165) is 45.8 Å². The summed E-state index contributed by atoms with van der Waals surface area (Å²) in [7, 11) is 4.24. The third kappa shape index (κ3) is 5.45. The van der Waals surface area contributed by atoms with Gasteiger partial charge in [0, 0.05) is 51.9 Å². The van der Waals surface area contributed by atoms with Crippen LogP contribution in [0.15, 0.2) is 0 Å². The molecule has 1 aliphatic carbocycles. The Kier molecular flexibility index (Phi) is 5.59. The van der Waals surface area contributed by atoms with E-state index in [-0.39, 0.29) is 6.04 Å². The minimum Gasteiger partial charge on any atom is -0.308 e. The maximum atomic E-state index is 9.18. The van der Waals surface area contributed by atoms with E-state index in [9.17, 15) is 5.26 Å². The SMILES string of the molecule is CN(C)CCN1CCN(CC(C#N)NC2CC2)CC1. The largest absolute Gasteiger partial charge is 0.308 e. The number of hydrogen-bond acceptors (Lipinski definition) is 5. The molecule has 2 fully saturated rings. The van der Waals surface area contributed by atoms with Crippen LogP contribution in [0.3, 0.4) is 0 Å². The molecule has 1 unspecified atom stereocenters. The minimum atomic E-state index is 0.0147. The van der Waals surface area contributed by atoms with Crippen LogP contribution in [0.4, 0.5) is 0 Å². The number of rotatable bonds is 7. The van der Waals surface area contributed by atoms with Crippen molar-refractivity contribution < 1.29 is 0 Å². The predicted molar refractivity (Wildman–Crippen MR) is 77.0 cm³/mol. The highest BCUT2D eigenvalue weighted by molar-refractivity contribution is 4.97. The molecular weight excluding hydrogens is 238 g/mol. The van der Waals surface area contributed by atoms with Crippen LogP contribution in [-0.2, 0) is 0 Å². The summed E-state index contributed by atoms with van der Waals surface area (Å²) in [5.74, 6) is 0. The Bertz CT molecular complexity index is 299. The van der Waals surface area contributed by atoms with Gasteiger partial charge in [-0.3, -0.25) is 15.1 Å². The minimum absolute atomic E-state index is 0.0147. The van der Waals surface area contributed by atoms with E-state index in [1.165, 1.54) is 12.8 Å². The molecule has 1 heterocycles. The first-order chi connectivity index (χ1) is 9.17. The van der Waals surface area contributed by atoms with Crippen molar-refractivity contribution in [3.05, 3.63) is 0 Å². The molecule has 0 aromatic rings. The van der Waals surface area contributed by atoms with Crippen LogP contribution in [0, 0.1) is 11.3 Å². The highest BCUT2D eigenvalue weighted by Gasteiger charge is 2.26. The van der Waals surface area contributed by atoms with E-state index in [2.05, 4.69) is 40.2 Å². The van der Waals surface area contributed by atoms with Gasteiger partial charge in [0.05, 0.1) is 6.07 Å². The Hall–Kier alpha value is -0.670. The molecule has 1 N–H and O–H groups in total.